The van der Waals surface area contributed by atoms with Crippen LogP contribution in [0.15, 0.2) is 34.2 Å². The molecule has 1 aromatic heterocycles. The third-order valence-electron chi connectivity index (χ3n) is 3.03. The van der Waals surface area contributed by atoms with Crippen LogP contribution in [-0.4, -0.2) is 19.8 Å². The molecule has 2 rings (SSSR count). The molecule has 0 radical (unpaired) electrons. The van der Waals surface area contributed by atoms with E-state index >= 15 is 0 Å². The average molecular weight is 307 g/mol. The third-order valence-corrected chi connectivity index (χ3v) is 4.19. The van der Waals surface area contributed by atoms with Gasteiger partial charge >= 0.3 is 5.69 Å². The Labute approximate surface area is 126 Å². The van der Waals surface area contributed by atoms with Crippen LogP contribution in [0.1, 0.15) is 24.6 Å². The zero-order chi connectivity index (χ0) is 15.4. The predicted molar refractivity (Wildman–Crippen MR) is 80.3 cm³/mol. The molecule has 1 heterocycles. The monoisotopic (exact) mass is 307 g/mol. The maximum atomic E-state index is 11.3. The number of aliphatic hydroxyl groups is 1. The molecule has 21 heavy (non-hydrogen) atoms. The van der Waals surface area contributed by atoms with Crippen molar-refractivity contribution in [1.29, 1.82) is 0 Å². The summed E-state index contributed by atoms with van der Waals surface area (Å²) in [5, 5.41) is 25.2. The fourth-order valence-corrected chi connectivity index (χ4v) is 2.99. The molecule has 0 amide bonds. The van der Waals surface area contributed by atoms with Gasteiger partial charge in [0.1, 0.15) is 5.69 Å². The zero-order valence-electron chi connectivity index (χ0n) is 11.9. The normalized spacial score (nSPS) is 10.8. The first-order valence-electron chi connectivity index (χ1n) is 6.64. The van der Waals surface area contributed by atoms with E-state index in [9.17, 15) is 10.1 Å². The Bertz CT molecular complexity index is 638. The summed E-state index contributed by atoms with van der Waals surface area (Å²) < 4.78 is 1.56. The summed E-state index contributed by atoms with van der Waals surface area (Å²) in [5.41, 5.74) is 1.43. The molecule has 0 aliphatic rings. The van der Waals surface area contributed by atoms with Gasteiger partial charge in [0.15, 0.2) is 5.03 Å². The first kappa shape index (κ1) is 15.5. The first-order valence-corrected chi connectivity index (χ1v) is 7.46. The minimum atomic E-state index is -0.359. The van der Waals surface area contributed by atoms with Crippen molar-refractivity contribution in [3.8, 4) is 0 Å². The van der Waals surface area contributed by atoms with Gasteiger partial charge in [0.05, 0.1) is 11.5 Å². The lowest BCUT2D eigenvalue weighted by molar-refractivity contribution is -0.388. The predicted octanol–water partition coefficient (Wildman–Crippen LogP) is 2.92. The van der Waals surface area contributed by atoms with Crippen LogP contribution in [0.5, 0.6) is 0 Å². The van der Waals surface area contributed by atoms with E-state index in [0.717, 1.165) is 16.9 Å². The Kier molecular flexibility index (Phi) is 4.98. The van der Waals surface area contributed by atoms with E-state index in [-0.39, 0.29) is 17.2 Å². The molecule has 1 N–H and O–H groups in total. The minimum absolute atomic E-state index is 0.0164. The fourth-order valence-electron chi connectivity index (χ4n) is 2.03. The van der Waals surface area contributed by atoms with Crippen molar-refractivity contribution in [3.05, 3.63) is 45.6 Å². The van der Waals surface area contributed by atoms with Crippen molar-refractivity contribution in [3.63, 3.8) is 0 Å². The van der Waals surface area contributed by atoms with E-state index in [4.69, 9.17) is 5.11 Å². The number of aromatic nitrogens is 2. The number of aryl methyl sites for hydroxylation is 2. The fraction of sp³-hybridized carbons (Fsp3) is 0.357. The van der Waals surface area contributed by atoms with E-state index in [1.807, 2.05) is 19.1 Å². The van der Waals surface area contributed by atoms with Gasteiger partial charge in [-0.1, -0.05) is 37.2 Å². The van der Waals surface area contributed by atoms with Crippen molar-refractivity contribution in [1.82, 2.24) is 9.78 Å². The van der Waals surface area contributed by atoms with E-state index in [2.05, 4.69) is 5.10 Å². The number of hydrogen-bond acceptors (Lipinski definition) is 5. The van der Waals surface area contributed by atoms with Crippen molar-refractivity contribution in [2.45, 2.75) is 36.3 Å². The maximum absolute atomic E-state index is 11.3. The molecule has 0 atom stereocenters. The first-order chi connectivity index (χ1) is 10.1. The van der Waals surface area contributed by atoms with Crippen molar-refractivity contribution in [2.24, 2.45) is 7.05 Å². The lowest BCUT2D eigenvalue weighted by atomic mass is 10.2. The molecule has 7 heteroatoms. The molecule has 112 valence electrons. The Morgan fingerprint density at radius 2 is 2.05 bits per heavy atom. The van der Waals surface area contributed by atoms with E-state index < -0.39 is 0 Å². The summed E-state index contributed by atoms with van der Waals surface area (Å²) in [7, 11) is 1.72. The van der Waals surface area contributed by atoms with Gasteiger partial charge in [-0.3, -0.25) is 14.8 Å². The molecule has 0 fully saturated rings. The van der Waals surface area contributed by atoms with E-state index in [0.29, 0.717) is 17.1 Å². The second-order valence-electron chi connectivity index (χ2n) is 4.64. The van der Waals surface area contributed by atoms with Crippen LogP contribution < -0.4 is 0 Å². The van der Waals surface area contributed by atoms with E-state index in [1.54, 1.807) is 23.9 Å². The van der Waals surface area contributed by atoms with Crippen LogP contribution >= 0.6 is 11.8 Å². The second kappa shape index (κ2) is 6.73. The molecule has 0 unspecified atom stereocenters. The summed E-state index contributed by atoms with van der Waals surface area (Å²) in [4.78, 5) is 11.8. The van der Waals surface area contributed by atoms with Gasteiger partial charge in [0, 0.05) is 11.9 Å². The van der Waals surface area contributed by atoms with Gasteiger partial charge in [-0.05, 0) is 24.1 Å². The van der Waals surface area contributed by atoms with Gasteiger partial charge < -0.3 is 5.11 Å². The molecule has 6 nitrogen and oxygen atoms in total. The van der Waals surface area contributed by atoms with Gasteiger partial charge in [-0.25, -0.2) is 0 Å². The third kappa shape index (κ3) is 3.43. The van der Waals surface area contributed by atoms with Crippen LogP contribution in [0.4, 0.5) is 5.69 Å². The molecule has 0 aliphatic carbocycles. The Morgan fingerprint density at radius 3 is 2.57 bits per heavy atom. The average Bonchev–Trinajstić information content (AvgIpc) is 2.76. The smallest absolute Gasteiger partial charge is 0.324 e. The molecule has 0 saturated carbocycles. The summed E-state index contributed by atoms with van der Waals surface area (Å²) in [6, 6.07) is 7.29. The number of benzene rings is 1. The highest BCUT2D eigenvalue weighted by atomic mass is 32.2. The molecule has 0 bridgehead atoms. The highest BCUT2D eigenvalue weighted by Gasteiger charge is 2.26. The lowest BCUT2D eigenvalue weighted by Crippen LogP contribution is -1.94. The van der Waals surface area contributed by atoms with Gasteiger partial charge in [0.2, 0.25) is 0 Å². The number of hydrogen-bond donors (Lipinski definition) is 1. The largest absolute Gasteiger partial charge is 0.392 e. The molecule has 2 aromatic rings. The van der Waals surface area contributed by atoms with Gasteiger partial charge in [-0.15, -0.1) is 0 Å². The summed E-state index contributed by atoms with van der Waals surface area (Å²) in [5.74, 6) is 0. The Balaban J connectivity index is 2.35. The SMILES string of the molecule is CCCc1nn(C)c(Sc2ccc(CO)cc2)c1[N+](=O)[O-]. The van der Waals surface area contributed by atoms with Gasteiger partial charge in [0.25, 0.3) is 0 Å². The molecule has 0 saturated heterocycles. The maximum Gasteiger partial charge on any atom is 0.324 e. The Hall–Kier alpha value is -1.86. The molecule has 0 spiro atoms. The summed E-state index contributed by atoms with van der Waals surface area (Å²) >= 11 is 1.31. The van der Waals surface area contributed by atoms with Crippen LogP contribution in [0.2, 0.25) is 0 Å². The molecule has 0 aliphatic heterocycles. The van der Waals surface area contributed by atoms with Crippen molar-refractivity contribution < 1.29 is 10.0 Å². The quantitative estimate of drug-likeness (QED) is 0.655. The topological polar surface area (TPSA) is 81.2 Å². The zero-order valence-corrected chi connectivity index (χ0v) is 12.8. The molecule has 1 aromatic carbocycles. The number of rotatable bonds is 6. The number of aliphatic hydroxyl groups excluding tert-OH is 1. The molecular weight excluding hydrogens is 290 g/mol. The Morgan fingerprint density at radius 1 is 1.38 bits per heavy atom. The van der Waals surface area contributed by atoms with Crippen LogP contribution in [-0.2, 0) is 20.1 Å². The summed E-state index contributed by atoms with van der Waals surface area (Å²) in [6.07, 6.45) is 1.40. The highest BCUT2D eigenvalue weighted by Crippen LogP contribution is 2.37. The standard InChI is InChI=1S/C14H17N3O3S/c1-3-4-12-13(17(19)20)14(16(2)15-12)21-11-7-5-10(9-18)6-8-11/h5-8,18H,3-4,9H2,1-2H3. The second-order valence-corrected chi connectivity index (χ2v) is 5.70. The van der Waals surface area contributed by atoms with Gasteiger partial charge in [-0.2, -0.15) is 5.10 Å². The van der Waals surface area contributed by atoms with E-state index in [1.165, 1.54) is 11.8 Å². The lowest BCUT2D eigenvalue weighted by Gasteiger charge is -2.03. The van der Waals surface area contributed by atoms with Crippen molar-refractivity contribution >= 4 is 17.4 Å². The van der Waals surface area contributed by atoms with Crippen LogP contribution in [0.25, 0.3) is 0 Å². The number of nitro groups is 1. The minimum Gasteiger partial charge on any atom is -0.392 e. The van der Waals surface area contributed by atoms with Crippen molar-refractivity contribution in [2.75, 3.05) is 0 Å². The van der Waals surface area contributed by atoms with Crippen LogP contribution in [0.3, 0.4) is 0 Å². The highest BCUT2D eigenvalue weighted by molar-refractivity contribution is 7.99. The molecular formula is C14H17N3O3S. The van der Waals surface area contributed by atoms with Crippen LogP contribution in [0, 0.1) is 10.1 Å². The number of nitrogens with zero attached hydrogens (tertiary/aromatic N) is 3. The summed E-state index contributed by atoms with van der Waals surface area (Å²) in [6.45, 7) is 1.95.